The van der Waals surface area contributed by atoms with Crippen molar-refractivity contribution in [2.24, 2.45) is 0 Å². The summed E-state index contributed by atoms with van der Waals surface area (Å²) in [6.07, 6.45) is 15.7. The van der Waals surface area contributed by atoms with Gasteiger partial charge >= 0.3 is 0 Å². The number of hydrogen-bond donors (Lipinski definition) is 0. The van der Waals surface area contributed by atoms with Crippen molar-refractivity contribution in [3.8, 4) is 5.88 Å². The molecule has 0 aromatic carbocycles. The van der Waals surface area contributed by atoms with E-state index in [2.05, 4.69) is 49.8 Å². The van der Waals surface area contributed by atoms with Gasteiger partial charge in [-0.15, -0.1) is 0 Å². The van der Waals surface area contributed by atoms with Crippen LogP contribution in [0.5, 0.6) is 5.88 Å². The lowest BCUT2D eigenvalue weighted by Gasteiger charge is -1.96. The molecule has 10 rings (SSSR count). The largest absolute Gasteiger partial charge is 0.481 e. The molecule has 10 aromatic rings. The van der Waals surface area contributed by atoms with Crippen LogP contribution in [-0.4, -0.2) is 56.9 Å². The lowest BCUT2D eigenvalue weighted by Crippen LogP contribution is -1.87. The van der Waals surface area contributed by atoms with Crippen LogP contribution in [-0.2, 0) is 0 Å². The maximum Gasteiger partial charge on any atom is 0.215 e. The molecule has 11 nitrogen and oxygen atoms in total. The average Bonchev–Trinajstić information content (AvgIpc) is 3.42. The first-order valence-corrected chi connectivity index (χ1v) is 25.6. The Morgan fingerprint density at radius 1 is 0.400 bits per heavy atom. The minimum absolute atomic E-state index is 0.194. The number of halogens is 8. The van der Waals surface area contributed by atoms with Crippen LogP contribution in [0.4, 0.5) is 17.6 Å². The number of aryl methyl sites for hydroxylation is 10. The zero-order chi connectivity index (χ0) is 59.7. The summed E-state index contributed by atoms with van der Waals surface area (Å²) in [6, 6.07) is 37.2. The monoisotopic (exact) mass is 1170 g/mol. The Kier molecular flexibility index (Phi) is 37.0. The molecule has 0 saturated carbocycles. The lowest BCUT2D eigenvalue weighted by atomic mass is 10.3. The topological polar surface area (TPSA) is 138 Å². The third-order valence-corrected chi connectivity index (χ3v) is 10.4. The molecule has 0 spiro atoms. The summed E-state index contributed by atoms with van der Waals surface area (Å²) in [5, 5.41) is 2.62. The highest BCUT2D eigenvalue weighted by Crippen LogP contribution is 2.11. The number of nitrogens with zero attached hydrogens (tertiary/aromatic N) is 10. The van der Waals surface area contributed by atoms with E-state index in [4.69, 9.17) is 51.1 Å². The molecule has 0 amide bonds. The molecule has 10 heterocycles. The molecule has 80 heavy (non-hydrogen) atoms. The Bertz CT molecular complexity index is 2810. The number of ether oxygens (including phenoxy) is 1. The van der Waals surface area contributed by atoms with Gasteiger partial charge in [0.25, 0.3) is 0 Å². The Balaban J connectivity index is 0.000000445. The van der Waals surface area contributed by atoms with Crippen molar-refractivity contribution in [3.63, 3.8) is 0 Å². The Morgan fingerprint density at radius 3 is 1.30 bits per heavy atom. The third-order valence-electron chi connectivity index (χ3n) is 9.11. The number of pyridine rings is 10. The van der Waals surface area contributed by atoms with E-state index in [1.807, 2.05) is 114 Å². The van der Waals surface area contributed by atoms with Crippen molar-refractivity contribution in [2.45, 2.75) is 69.2 Å². The van der Waals surface area contributed by atoms with E-state index in [1.54, 1.807) is 108 Å². The first-order chi connectivity index (χ1) is 38.1. The molecule has 0 fully saturated rings. The van der Waals surface area contributed by atoms with Gasteiger partial charge in [-0.1, -0.05) is 82.8 Å². The highest BCUT2D eigenvalue weighted by molar-refractivity contribution is 6.31. The second-order valence-corrected chi connectivity index (χ2v) is 17.9. The van der Waals surface area contributed by atoms with Crippen LogP contribution < -0.4 is 4.74 Å². The summed E-state index contributed by atoms with van der Waals surface area (Å²) in [6.45, 7) is 18.5. The van der Waals surface area contributed by atoms with Crippen LogP contribution in [0.2, 0.25) is 20.4 Å². The van der Waals surface area contributed by atoms with Gasteiger partial charge < -0.3 is 4.74 Å². The van der Waals surface area contributed by atoms with Gasteiger partial charge in [-0.25, -0.2) is 33.7 Å². The van der Waals surface area contributed by atoms with Gasteiger partial charge in [-0.05, 0) is 171 Å². The summed E-state index contributed by atoms with van der Waals surface area (Å²) < 4.78 is 53.5. The van der Waals surface area contributed by atoms with Gasteiger partial charge in [-0.2, -0.15) is 8.78 Å². The van der Waals surface area contributed by atoms with E-state index < -0.39 is 5.95 Å². The molecule has 0 saturated heterocycles. The highest BCUT2D eigenvalue weighted by Gasteiger charge is 1.94. The molecule has 0 N–H and O–H groups in total. The van der Waals surface area contributed by atoms with E-state index in [-0.39, 0.29) is 17.6 Å². The molecule has 0 unspecified atom stereocenters. The van der Waals surface area contributed by atoms with Crippen LogP contribution in [0.25, 0.3) is 0 Å². The molecule has 0 aliphatic carbocycles. The molecule has 19 heteroatoms. The van der Waals surface area contributed by atoms with Crippen molar-refractivity contribution < 1.29 is 22.3 Å². The molecule has 0 aliphatic rings. The summed E-state index contributed by atoms with van der Waals surface area (Å²) >= 11 is 22.3. The first-order valence-electron chi connectivity index (χ1n) is 24.0. The molecule has 420 valence electrons. The Hall–Kier alpha value is -7.82. The number of hydrogen-bond acceptors (Lipinski definition) is 11. The molecule has 0 aliphatic heterocycles. The maximum atomic E-state index is 12.3. The van der Waals surface area contributed by atoms with Gasteiger partial charge in [0.05, 0.1) is 18.3 Å². The first kappa shape index (κ1) is 70.2. The van der Waals surface area contributed by atoms with E-state index in [9.17, 15) is 17.6 Å². The summed E-state index contributed by atoms with van der Waals surface area (Å²) in [5.41, 5.74) is 8.79. The van der Waals surface area contributed by atoms with E-state index in [0.717, 1.165) is 44.5 Å². The molecule has 10 aromatic heterocycles. The standard InChI is InChI=1S/C7H9NO.4C6H6ClN.4C6H6FN.C6H7N/c1-6-4-3-5-7(8-6)9-2;1-5-4-8-3-2-6(5)7;1-5-2-3-6(7)4-8-5;1-5-3-2-4-8-6(5)7;1-5-3-2-4-6(7)8-5;1-5-2-6(7)4-8-3-5;1-5-4-8-3-2-6(5)7;1-5-3-2-4-8-6(5)7;1-5-3-2-4-6(7)8-5;1-6-4-2-3-5-7-6/h3-5H,1-2H3;8*2-4H,1H3;2-5H,1H3. The molecule has 0 bridgehead atoms. The molecular formula is C61H64Cl4F4N10O. The van der Waals surface area contributed by atoms with Crippen molar-refractivity contribution in [1.82, 2.24) is 49.8 Å². The minimum Gasteiger partial charge on any atom is -0.481 e. The maximum absolute atomic E-state index is 12.3. The zero-order valence-electron chi connectivity index (χ0n) is 46.3. The van der Waals surface area contributed by atoms with Crippen LogP contribution >= 0.6 is 46.4 Å². The van der Waals surface area contributed by atoms with Crippen molar-refractivity contribution in [2.75, 3.05) is 7.11 Å². The third kappa shape index (κ3) is 36.3. The van der Waals surface area contributed by atoms with Crippen LogP contribution in [0.15, 0.2) is 189 Å². The summed E-state index contributed by atoms with van der Waals surface area (Å²) in [5.74, 6) is -0.586. The number of aromatic nitrogens is 10. The number of rotatable bonds is 1. The fraction of sp³-hybridized carbons (Fsp3) is 0.180. The highest BCUT2D eigenvalue weighted by atomic mass is 35.5. The molecule has 0 atom stereocenters. The van der Waals surface area contributed by atoms with Crippen LogP contribution in [0.1, 0.15) is 56.3 Å². The van der Waals surface area contributed by atoms with E-state index >= 15 is 0 Å². The smallest absolute Gasteiger partial charge is 0.215 e. The van der Waals surface area contributed by atoms with Gasteiger partial charge in [0.15, 0.2) is 0 Å². The quantitative estimate of drug-likeness (QED) is 0.115. The predicted octanol–water partition coefficient (Wildman–Crippen LogP) is 17.1. The number of methoxy groups -OCH3 is 1. The fourth-order valence-electron chi connectivity index (χ4n) is 4.91. The second-order valence-electron chi connectivity index (χ2n) is 16.3. The average molecular weight is 1170 g/mol. The van der Waals surface area contributed by atoms with Crippen molar-refractivity contribution in [1.29, 1.82) is 0 Å². The lowest BCUT2D eigenvalue weighted by molar-refractivity contribution is 0.397. The van der Waals surface area contributed by atoms with Gasteiger partial charge in [0.2, 0.25) is 17.8 Å². The Labute approximate surface area is 487 Å². The minimum atomic E-state index is -0.412. The van der Waals surface area contributed by atoms with Gasteiger partial charge in [-0.3, -0.25) is 24.9 Å². The Morgan fingerprint density at radius 2 is 0.975 bits per heavy atom. The van der Waals surface area contributed by atoms with Gasteiger partial charge in [0.1, 0.15) is 21.9 Å². The van der Waals surface area contributed by atoms with Crippen LogP contribution in [0, 0.1) is 92.8 Å². The second kappa shape index (κ2) is 42.2. The molecule has 0 radical (unpaired) electrons. The fourth-order valence-corrected chi connectivity index (χ4v) is 5.46. The normalized spacial score (nSPS) is 9.19. The van der Waals surface area contributed by atoms with Crippen molar-refractivity contribution in [3.05, 3.63) is 290 Å². The van der Waals surface area contributed by atoms with E-state index in [0.29, 0.717) is 38.0 Å². The summed E-state index contributed by atoms with van der Waals surface area (Å²) in [4.78, 5) is 37.9. The summed E-state index contributed by atoms with van der Waals surface area (Å²) in [7, 11) is 1.61. The predicted molar refractivity (Wildman–Crippen MR) is 316 cm³/mol. The molecular weight excluding hydrogens is 1110 g/mol. The van der Waals surface area contributed by atoms with Crippen molar-refractivity contribution >= 4 is 46.4 Å². The SMILES string of the molecule is COc1cccc(C)n1.Cc1ccc(Cl)cn1.Cc1cccc(Cl)n1.Cc1cccc(F)n1.Cc1ccccn1.Cc1cccnc1Cl.Cc1cccnc1F.Cc1cncc(F)c1.Cc1cnccc1Cl.Cc1cnccc1F. The van der Waals surface area contributed by atoms with Gasteiger partial charge in [0, 0.05) is 106 Å². The zero-order valence-corrected chi connectivity index (χ0v) is 49.3. The van der Waals surface area contributed by atoms with Crippen LogP contribution in [0.3, 0.4) is 0 Å². The van der Waals surface area contributed by atoms with E-state index in [1.165, 1.54) is 43.0 Å².